The second kappa shape index (κ2) is 6.05. The van der Waals surface area contributed by atoms with Gasteiger partial charge in [-0.25, -0.2) is 0 Å². The highest BCUT2D eigenvalue weighted by Crippen LogP contribution is 2.29. The van der Waals surface area contributed by atoms with Gasteiger partial charge in [0.1, 0.15) is 0 Å². The molecule has 0 spiro atoms. The van der Waals surface area contributed by atoms with Crippen molar-refractivity contribution in [1.82, 2.24) is 0 Å². The zero-order chi connectivity index (χ0) is 17.3. The summed E-state index contributed by atoms with van der Waals surface area (Å²) in [5, 5.41) is 8.86. The third-order valence-corrected chi connectivity index (χ3v) is 4.30. The summed E-state index contributed by atoms with van der Waals surface area (Å²) in [5.74, 6) is 0.0301. The number of fused-ring (bicyclic) bond motifs is 1. The molecule has 1 aliphatic heterocycles. The van der Waals surface area contributed by atoms with Crippen LogP contribution in [0.3, 0.4) is 0 Å². The summed E-state index contributed by atoms with van der Waals surface area (Å²) in [7, 11) is 0. The maximum absolute atomic E-state index is 12.6. The molecule has 2 aromatic rings. The van der Waals surface area contributed by atoms with Crippen molar-refractivity contribution in [2.75, 3.05) is 0 Å². The van der Waals surface area contributed by atoms with E-state index < -0.39 is 0 Å². The van der Waals surface area contributed by atoms with Crippen LogP contribution in [0.15, 0.2) is 47.5 Å². The second-order valence-corrected chi connectivity index (χ2v) is 7.00. The lowest BCUT2D eigenvalue weighted by molar-refractivity contribution is 0.100. The van der Waals surface area contributed by atoms with Gasteiger partial charge in [-0.2, -0.15) is 5.26 Å². The molecule has 3 heteroatoms. The van der Waals surface area contributed by atoms with Crippen LogP contribution in [0.1, 0.15) is 52.9 Å². The molecule has 0 radical (unpaired) electrons. The van der Waals surface area contributed by atoms with Crippen LogP contribution in [0.2, 0.25) is 0 Å². The van der Waals surface area contributed by atoms with Crippen LogP contribution >= 0.6 is 0 Å². The van der Waals surface area contributed by atoms with Gasteiger partial charge >= 0.3 is 0 Å². The Kier molecular flexibility index (Phi) is 4.07. The van der Waals surface area contributed by atoms with Crippen LogP contribution in [0, 0.1) is 18.3 Å². The first kappa shape index (κ1) is 16.1. The zero-order valence-corrected chi connectivity index (χ0v) is 14.3. The van der Waals surface area contributed by atoms with E-state index >= 15 is 0 Å². The fourth-order valence-corrected chi connectivity index (χ4v) is 3.20. The van der Waals surface area contributed by atoms with Crippen molar-refractivity contribution in [2.45, 2.75) is 39.2 Å². The smallest absolute Gasteiger partial charge is 0.168 e. The van der Waals surface area contributed by atoms with Crippen LogP contribution in [0.5, 0.6) is 0 Å². The summed E-state index contributed by atoms with van der Waals surface area (Å²) in [6.07, 6.45) is 1.17. The Labute approximate surface area is 142 Å². The van der Waals surface area contributed by atoms with Gasteiger partial charge < -0.3 is 0 Å². The summed E-state index contributed by atoms with van der Waals surface area (Å²) in [6.45, 7) is 6.29. The van der Waals surface area contributed by atoms with Crippen molar-refractivity contribution in [3.8, 4) is 6.07 Å². The first-order chi connectivity index (χ1) is 11.4. The molecule has 0 saturated heterocycles. The zero-order valence-electron chi connectivity index (χ0n) is 14.3. The van der Waals surface area contributed by atoms with Crippen molar-refractivity contribution >= 4 is 11.5 Å². The third kappa shape index (κ3) is 3.28. The molecule has 0 aliphatic carbocycles. The molecular weight excluding hydrogens is 296 g/mol. The van der Waals surface area contributed by atoms with Crippen molar-refractivity contribution in [1.29, 1.82) is 5.26 Å². The molecule has 120 valence electrons. The Morgan fingerprint density at radius 3 is 2.58 bits per heavy atom. The van der Waals surface area contributed by atoms with Gasteiger partial charge in [0.25, 0.3) is 0 Å². The van der Waals surface area contributed by atoms with Crippen LogP contribution < -0.4 is 0 Å². The number of aryl methyl sites for hydroxylation is 1. The number of hydrogen-bond donors (Lipinski definition) is 0. The number of ketones is 1. The number of benzene rings is 2. The minimum absolute atomic E-state index is 0.0301. The minimum atomic E-state index is -0.193. The highest BCUT2D eigenvalue weighted by atomic mass is 16.1. The number of aliphatic imine (C=N–C) groups is 1. The van der Waals surface area contributed by atoms with Crippen molar-refractivity contribution < 1.29 is 4.79 Å². The average molecular weight is 316 g/mol. The van der Waals surface area contributed by atoms with Gasteiger partial charge in [0.15, 0.2) is 5.78 Å². The Balaban J connectivity index is 1.91. The number of rotatable bonds is 3. The van der Waals surface area contributed by atoms with Crippen LogP contribution in [0.25, 0.3) is 0 Å². The van der Waals surface area contributed by atoms with E-state index in [1.54, 1.807) is 24.3 Å². The van der Waals surface area contributed by atoms with Gasteiger partial charge in [-0.05, 0) is 50.5 Å². The molecule has 0 atom stereocenters. The molecule has 0 fully saturated rings. The van der Waals surface area contributed by atoms with E-state index in [2.05, 4.69) is 45.0 Å². The van der Waals surface area contributed by atoms with Gasteiger partial charge in [-0.15, -0.1) is 0 Å². The number of carbonyl (C=O) groups excluding carboxylic acids is 1. The molecule has 3 nitrogen and oxygen atoms in total. The Bertz CT molecular complexity index is 868. The first-order valence-corrected chi connectivity index (χ1v) is 8.10. The SMILES string of the molecule is Cc1ccc2c(c1)CC(C)(C)N=C2CC(=O)c1ccc(C#N)cc1. The van der Waals surface area contributed by atoms with Crippen molar-refractivity contribution in [3.05, 3.63) is 70.3 Å². The quantitative estimate of drug-likeness (QED) is 0.794. The third-order valence-electron chi connectivity index (χ3n) is 4.30. The van der Waals surface area contributed by atoms with Crippen LogP contribution in [-0.2, 0) is 6.42 Å². The van der Waals surface area contributed by atoms with E-state index in [0.717, 1.165) is 17.7 Å². The van der Waals surface area contributed by atoms with Crippen LogP contribution in [-0.4, -0.2) is 17.0 Å². The Hall–Kier alpha value is -2.73. The monoisotopic (exact) mass is 316 g/mol. The van der Waals surface area contributed by atoms with E-state index in [9.17, 15) is 4.79 Å². The molecule has 1 aliphatic rings. The van der Waals surface area contributed by atoms with Crippen LogP contribution in [0.4, 0.5) is 0 Å². The predicted octanol–water partition coefficient (Wildman–Crippen LogP) is 4.26. The molecule has 1 heterocycles. The Morgan fingerprint density at radius 1 is 1.21 bits per heavy atom. The van der Waals surface area contributed by atoms with E-state index in [1.807, 2.05) is 0 Å². The maximum Gasteiger partial charge on any atom is 0.168 e. The number of nitriles is 1. The lowest BCUT2D eigenvalue weighted by Gasteiger charge is -2.29. The van der Waals surface area contributed by atoms with Gasteiger partial charge in [0, 0.05) is 5.56 Å². The van der Waals surface area contributed by atoms with E-state index in [4.69, 9.17) is 10.3 Å². The second-order valence-electron chi connectivity index (χ2n) is 7.00. The molecule has 0 saturated carbocycles. The van der Waals surface area contributed by atoms with Gasteiger partial charge in [-0.1, -0.05) is 35.9 Å². The van der Waals surface area contributed by atoms with Crippen molar-refractivity contribution in [3.63, 3.8) is 0 Å². The average Bonchev–Trinajstić information content (AvgIpc) is 2.53. The highest BCUT2D eigenvalue weighted by molar-refractivity contribution is 6.16. The summed E-state index contributed by atoms with van der Waals surface area (Å²) < 4.78 is 0. The molecule has 0 aromatic heterocycles. The molecular formula is C21H20N2O. The maximum atomic E-state index is 12.6. The highest BCUT2D eigenvalue weighted by Gasteiger charge is 2.27. The minimum Gasteiger partial charge on any atom is -0.294 e. The lowest BCUT2D eigenvalue weighted by Crippen LogP contribution is -2.30. The summed E-state index contributed by atoms with van der Waals surface area (Å²) in [6, 6.07) is 15.2. The predicted molar refractivity (Wildman–Crippen MR) is 95.6 cm³/mol. The summed E-state index contributed by atoms with van der Waals surface area (Å²) >= 11 is 0. The van der Waals surface area contributed by atoms with E-state index in [1.165, 1.54) is 11.1 Å². The van der Waals surface area contributed by atoms with Crippen molar-refractivity contribution in [2.24, 2.45) is 4.99 Å². The fourth-order valence-electron chi connectivity index (χ4n) is 3.20. The van der Waals surface area contributed by atoms with E-state index in [-0.39, 0.29) is 17.7 Å². The topological polar surface area (TPSA) is 53.2 Å². The molecule has 0 bridgehead atoms. The summed E-state index contributed by atoms with van der Waals surface area (Å²) in [4.78, 5) is 17.5. The van der Waals surface area contributed by atoms with Gasteiger partial charge in [0.2, 0.25) is 0 Å². The molecule has 3 rings (SSSR count). The molecule has 0 amide bonds. The normalized spacial score (nSPS) is 15.2. The molecule has 0 N–H and O–H groups in total. The largest absolute Gasteiger partial charge is 0.294 e. The number of Topliss-reactive ketones (excluding diaryl/α,β-unsaturated/α-hetero) is 1. The van der Waals surface area contributed by atoms with Gasteiger partial charge in [0.05, 0.1) is 29.3 Å². The number of carbonyl (C=O) groups is 1. The molecule has 2 aromatic carbocycles. The number of nitrogens with zero attached hydrogens (tertiary/aromatic N) is 2. The fraction of sp³-hybridized carbons (Fsp3) is 0.286. The summed E-state index contributed by atoms with van der Waals surface area (Å²) in [5.41, 5.74) is 5.41. The van der Waals surface area contributed by atoms with Gasteiger partial charge in [-0.3, -0.25) is 9.79 Å². The molecule has 24 heavy (non-hydrogen) atoms. The standard InChI is InChI=1S/C21H20N2O/c1-14-4-9-18-17(10-14)12-21(2,3)23-19(18)11-20(24)16-7-5-15(13-22)6-8-16/h4-10H,11-12H2,1-3H3. The van der Waals surface area contributed by atoms with E-state index in [0.29, 0.717) is 11.1 Å². The first-order valence-electron chi connectivity index (χ1n) is 8.10. The molecule has 0 unspecified atom stereocenters. The Morgan fingerprint density at radius 2 is 1.92 bits per heavy atom. The number of hydrogen-bond acceptors (Lipinski definition) is 3. The lowest BCUT2D eigenvalue weighted by atomic mass is 9.84.